The highest BCUT2D eigenvalue weighted by Gasteiger charge is 2.35. The van der Waals surface area contributed by atoms with Gasteiger partial charge < -0.3 is 10.1 Å². The minimum atomic E-state index is -3.44. The van der Waals surface area contributed by atoms with Gasteiger partial charge in [0.1, 0.15) is 0 Å². The van der Waals surface area contributed by atoms with Crippen LogP contribution in [0.2, 0.25) is 0 Å². The molecule has 26 heavy (non-hydrogen) atoms. The lowest BCUT2D eigenvalue weighted by atomic mass is 9.78. The lowest BCUT2D eigenvalue weighted by Gasteiger charge is -2.36. The second-order valence-corrected chi connectivity index (χ2v) is 9.59. The van der Waals surface area contributed by atoms with Gasteiger partial charge >= 0.3 is 0 Å². The lowest BCUT2D eigenvalue weighted by Crippen LogP contribution is -2.44. The van der Waals surface area contributed by atoms with Crippen LogP contribution >= 0.6 is 11.3 Å². The predicted molar refractivity (Wildman–Crippen MR) is 102 cm³/mol. The molecule has 0 spiro atoms. The summed E-state index contributed by atoms with van der Waals surface area (Å²) in [5, 5.41) is 5.00. The van der Waals surface area contributed by atoms with Crippen LogP contribution in [-0.4, -0.2) is 39.8 Å². The summed E-state index contributed by atoms with van der Waals surface area (Å²) in [5.41, 5.74) is -0.111. The average molecular weight is 394 g/mol. The van der Waals surface area contributed by atoms with Gasteiger partial charge in [0.05, 0.1) is 10.6 Å². The Morgan fingerprint density at radius 1 is 1.12 bits per heavy atom. The number of carbonyl (C=O) groups excluding carboxylic acids is 1. The number of nitrogens with one attached hydrogen (secondary N) is 1. The molecule has 1 aliphatic rings. The molecule has 0 aliphatic carbocycles. The fourth-order valence-corrected chi connectivity index (χ4v) is 5.43. The number of rotatable bonds is 7. The normalized spacial score (nSPS) is 16.9. The van der Waals surface area contributed by atoms with Crippen LogP contribution in [0, 0.1) is 0 Å². The third-order valence-electron chi connectivity index (χ3n) is 4.82. The minimum absolute atomic E-state index is 0.0335. The Bertz CT molecular complexity index is 810. The van der Waals surface area contributed by atoms with Crippen LogP contribution in [0.25, 0.3) is 0 Å². The molecule has 0 unspecified atom stereocenters. The van der Waals surface area contributed by atoms with Crippen molar-refractivity contribution in [3.8, 4) is 0 Å². The van der Waals surface area contributed by atoms with Gasteiger partial charge in [-0.05, 0) is 36.4 Å². The maximum absolute atomic E-state index is 12.3. The third kappa shape index (κ3) is 4.52. The van der Waals surface area contributed by atoms with Crippen molar-refractivity contribution in [2.45, 2.75) is 29.6 Å². The van der Waals surface area contributed by atoms with E-state index in [0.29, 0.717) is 19.8 Å². The van der Waals surface area contributed by atoms with E-state index in [1.807, 2.05) is 11.4 Å². The number of carbonyl (C=O) groups is 1. The molecule has 140 valence electrons. The Morgan fingerprint density at radius 2 is 1.85 bits per heavy atom. The molecule has 0 bridgehead atoms. The fourth-order valence-electron chi connectivity index (χ4n) is 3.18. The quantitative estimate of drug-likeness (QED) is 0.785. The highest BCUT2D eigenvalue weighted by Crippen LogP contribution is 2.36. The fraction of sp³-hybridized carbons (Fsp3) is 0.421. The number of ether oxygens (including phenoxy) is 1. The number of amides is 1. The van der Waals surface area contributed by atoms with Gasteiger partial charge in [0.25, 0.3) is 0 Å². The van der Waals surface area contributed by atoms with Gasteiger partial charge in [-0.3, -0.25) is 4.79 Å². The summed E-state index contributed by atoms with van der Waals surface area (Å²) in [4.78, 5) is 13.8. The summed E-state index contributed by atoms with van der Waals surface area (Å²) in [6.07, 6.45) is 1.68. The summed E-state index contributed by atoms with van der Waals surface area (Å²) >= 11 is 1.69. The van der Waals surface area contributed by atoms with Gasteiger partial charge in [-0.25, -0.2) is 8.42 Å². The van der Waals surface area contributed by atoms with Gasteiger partial charge in [0.2, 0.25) is 5.91 Å². The van der Waals surface area contributed by atoms with E-state index in [1.54, 1.807) is 41.7 Å². The van der Waals surface area contributed by atoms with Crippen LogP contribution in [0.5, 0.6) is 0 Å². The zero-order chi connectivity index (χ0) is 18.5. The van der Waals surface area contributed by atoms with Crippen molar-refractivity contribution in [1.29, 1.82) is 0 Å². The Morgan fingerprint density at radius 3 is 2.50 bits per heavy atom. The number of sulfone groups is 1. The van der Waals surface area contributed by atoms with Gasteiger partial charge in [-0.15, -0.1) is 11.3 Å². The molecule has 1 aromatic carbocycles. The topological polar surface area (TPSA) is 72.5 Å². The molecular formula is C19H23NO4S2. The van der Waals surface area contributed by atoms with E-state index in [1.165, 1.54) is 4.88 Å². The first-order chi connectivity index (χ1) is 12.5. The van der Waals surface area contributed by atoms with E-state index in [0.717, 1.165) is 12.8 Å². The van der Waals surface area contributed by atoms with Crippen LogP contribution < -0.4 is 5.32 Å². The first-order valence-corrected chi connectivity index (χ1v) is 11.2. The van der Waals surface area contributed by atoms with Crippen molar-refractivity contribution in [2.24, 2.45) is 0 Å². The Hall–Kier alpha value is -1.70. The van der Waals surface area contributed by atoms with E-state index in [-0.39, 0.29) is 28.4 Å². The first-order valence-electron chi connectivity index (χ1n) is 8.68. The number of thiophene rings is 1. The van der Waals surface area contributed by atoms with Crippen LogP contribution in [0.1, 0.15) is 24.1 Å². The zero-order valence-electron chi connectivity index (χ0n) is 14.5. The highest BCUT2D eigenvalue weighted by atomic mass is 32.2. The van der Waals surface area contributed by atoms with Gasteiger partial charge in [0.15, 0.2) is 9.84 Å². The van der Waals surface area contributed by atoms with Crippen molar-refractivity contribution in [1.82, 2.24) is 5.32 Å². The molecule has 5 nitrogen and oxygen atoms in total. The van der Waals surface area contributed by atoms with Crippen molar-refractivity contribution in [2.75, 3.05) is 25.5 Å². The largest absolute Gasteiger partial charge is 0.381 e. The third-order valence-corrected chi connectivity index (χ3v) is 7.67. The molecule has 3 rings (SSSR count). The molecule has 1 saturated heterocycles. The standard InChI is InChI=1S/C19H23NO4S2/c21-18(8-14-26(22,23)16-5-2-1-3-6-16)20-15-19(9-11-24-12-10-19)17-7-4-13-25-17/h1-7,13H,8-12,14-15H2,(H,20,21). The summed E-state index contributed by atoms with van der Waals surface area (Å²) in [5.74, 6) is -0.412. The summed E-state index contributed by atoms with van der Waals surface area (Å²) in [6, 6.07) is 12.4. The van der Waals surface area contributed by atoms with E-state index in [4.69, 9.17) is 4.74 Å². The SMILES string of the molecule is O=C(CCS(=O)(=O)c1ccccc1)NCC1(c2cccs2)CCOCC1. The van der Waals surface area contributed by atoms with E-state index < -0.39 is 9.84 Å². The Labute approximate surface area is 158 Å². The number of hydrogen-bond acceptors (Lipinski definition) is 5. The maximum Gasteiger partial charge on any atom is 0.221 e. The van der Waals surface area contributed by atoms with Gasteiger partial charge in [-0.1, -0.05) is 24.3 Å². The van der Waals surface area contributed by atoms with E-state index in [9.17, 15) is 13.2 Å². The van der Waals surface area contributed by atoms with Gasteiger partial charge in [-0.2, -0.15) is 0 Å². The molecular weight excluding hydrogens is 370 g/mol. The molecule has 0 radical (unpaired) electrons. The first kappa shape index (κ1) is 19.1. The molecule has 1 N–H and O–H groups in total. The molecule has 1 aromatic heterocycles. The monoisotopic (exact) mass is 393 g/mol. The molecule has 1 amide bonds. The molecule has 1 fully saturated rings. The summed E-state index contributed by atoms with van der Waals surface area (Å²) in [6.45, 7) is 1.87. The maximum atomic E-state index is 12.3. The minimum Gasteiger partial charge on any atom is -0.381 e. The second-order valence-electron chi connectivity index (χ2n) is 6.53. The van der Waals surface area contributed by atoms with E-state index in [2.05, 4.69) is 11.4 Å². The zero-order valence-corrected chi connectivity index (χ0v) is 16.2. The number of benzene rings is 1. The molecule has 2 heterocycles. The van der Waals surface area contributed by atoms with Crippen molar-refractivity contribution in [3.05, 3.63) is 52.7 Å². The average Bonchev–Trinajstić information content (AvgIpc) is 3.22. The van der Waals surface area contributed by atoms with Crippen molar-refractivity contribution >= 4 is 27.1 Å². The number of hydrogen-bond donors (Lipinski definition) is 1. The smallest absolute Gasteiger partial charge is 0.221 e. The Balaban J connectivity index is 1.58. The van der Waals surface area contributed by atoms with Crippen LogP contribution in [0.3, 0.4) is 0 Å². The molecule has 2 aromatic rings. The molecule has 7 heteroatoms. The van der Waals surface area contributed by atoms with Crippen LogP contribution in [0.15, 0.2) is 52.7 Å². The summed E-state index contributed by atoms with van der Waals surface area (Å²) < 4.78 is 30.1. The van der Waals surface area contributed by atoms with Crippen molar-refractivity contribution < 1.29 is 17.9 Å². The van der Waals surface area contributed by atoms with Crippen LogP contribution in [-0.2, 0) is 24.8 Å². The highest BCUT2D eigenvalue weighted by molar-refractivity contribution is 7.91. The second kappa shape index (κ2) is 8.33. The van der Waals surface area contributed by atoms with Crippen molar-refractivity contribution in [3.63, 3.8) is 0 Å². The molecule has 0 atom stereocenters. The molecule has 1 aliphatic heterocycles. The van der Waals surface area contributed by atoms with E-state index >= 15 is 0 Å². The summed E-state index contributed by atoms with van der Waals surface area (Å²) in [7, 11) is -3.44. The van der Waals surface area contributed by atoms with Gasteiger partial charge in [0, 0.05) is 36.5 Å². The Kier molecular flexibility index (Phi) is 6.11. The van der Waals surface area contributed by atoms with Crippen LogP contribution in [0.4, 0.5) is 0 Å². The predicted octanol–water partition coefficient (Wildman–Crippen LogP) is 2.78. The molecule has 0 saturated carbocycles. The lowest BCUT2D eigenvalue weighted by molar-refractivity contribution is -0.121.